The van der Waals surface area contributed by atoms with Gasteiger partial charge in [-0.25, -0.2) is 4.79 Å². The third kappa shape index (κ3) is 7.37. The summed E-state index contributed by atoms with van der Waals surface area (Å²) in [7, 11) is 1.74. The van der Waals surface area contributed by atoms with Crippen LogP contribution < -0.4 is 16.0 Å². The van der Waals surface area contributed by atoms with Crippen LogP contribution in [0, 0.1) is 5.92 Å². The van der Waals surface area contributed by atoms with Crippen molar-refractivity contribution in [3.63, 3.8) is 0 Å². The van der Waals surface area contributed by atoms with Gasteiger partial charge in [0.15, 0.2) is 5.96 Å². The van der Waals surface area contributed by atoms with E-state index in [-0.39, 0.29) is 35.9 Å². The van der Waals surface area contributed by atoms with Crippen LogP contribution in [0.5, 0.6) is 0 Å². The molecule has 1 fully saturated rings. The van der Waals surface area contributed by atoms with Gasteiger partial charge in [-0.05, 0) is 38.5 Å². The number of hydrogen-bond donors (Lipinski definition) is 3. The summed E-state index contributed by atoms with van der Waals surface area (Å²) < 4.78 is 0. The van der Waals surface area contributed by atoms with Gasteiger partial charge in [-0.3, -0.25) is 14.7 Å². The average molecular weight is 467 g/mol. The van der Waals surface area contributed by atoms with Crippen LogP contribution in [-0.2, 0) is 4.79 Å². The second-order valence-electron chi connectivity index (χ2n) is 6.89. The third-order valence-electron chi connectivity index (χ3n) is 4.38. The van der Waals surface area contributed by atoms with Gasteiger partial charge in [-0.15, -0.1) is 24.0 Å². The van der Waals surface area contributed by atoms with Crippen LogP contribution in [0.15, 0.2) is 4.99 Å². The lowest BCUT2D eigenvalue weighted by atomic mass is 9.99. The van der Waals surface area contributed by atoms with Gasteiger partial charge in [0, 0.05) is 26.7 Å². The Morgan fingerprint density at radius 3 is 2.32 bits per heavy atom. The molecule has 3 N–H and O–H groups in total. The van der Waals surface area contributed by atoms with Crippen LogP contribution in [-0.4, -0.2) is 55.0 Å². The zero-order valence-corrected chi connectivity index (χ0v) is 18.5. The van der Waals surface area contributed by atoms with Gasteiger partial charge in [0.1, 0.15) is 5.54 Å². The molecule has 1 unspecified atom stereocenters. The molecular weight excluding hydrogens is 433 g/mol. The van der Waals surface area contributed by atoms with Gasteiger partial charge < -0.3 is 16.0 Å². The highest BCUT2D eigenvalue weighted by Gasteiger charge is 2.45. The number of halogens is 1. The Morgan fingerprint density at radius 1 is 1.24 bits per heavy atom. The third-order valence-corrected chi connectivity index (χ3v) is 4.38. The fourth-order valence-electron chi connectivity index (χ4n) is 2.57. The number of nitrogens with zero attached hydrogens (tertiary/aromatic N) is 2. The number of imide groups is 1. The molecule has 1 aliphatic rings. The number of rotatable bonds is 9. The number of aliphatic imine (C=N–C) groups is 1. The van der Waals surface area contributed by atoms with Gasteiger partial charge in [-0.1, -0.05) is 20.8 Å². The summed E-state index contributed by atoms with van der Waals surface area (Å²) in [4.78, 5) is 29.7. The minimum Gasteiger partial charge on any atom is -0.356 e. The van der Waals surface area contributed by atoms with E-state index in [2.05, 4.69) is 34.8 Å². The van der Waals surface area contributed by atoms with E-state index in [0.29, 0.717) is 31.8 Å². The smallest absolute Gasteiger partial charge is 0.325 e. The molecule has 146 valence electrons. The lowest BCUT2D eigenvalue weighted by molar-refractivity contribution is -0.130. The molecule has 8 heteroatoms. The predicted molar refractivity (Wildman–Crippen MR) is 112 cm³/mol. The van der Waals surface area contributed by atoms with Crippen LogP contribution in [0.2, 0.25) is 0 Å². The van der Waals surface area contributed by atoms with Gasteiger partial charge in [0.05, 0.1) is 0 Å². The molecule has 0 bridgehead atoms. The van der Waals surface area contributed by atoms with E-state index in [9.17, 15) is 9.59 Å². The molecule has 0 saturated carbocycles. The van der Waals surface area contributed by atoms with Gasteiger partial charge in [-0.2, -0.15) is 0 Å². The summed E-state index contributed by atoms with van der Waals surface area (Å²) in [5.41, 5.74) is -0.751. The molecule has 0 spiro atoms. The topological polar surface area (TPSA) is 85.8 Å². The number of urea groups is 1. The minimum atomic E-state index is -0.751. The molecule has 1 saturated heterocycles. The minimum absolute atomic E-state index is 0. The Labute approximate surface area is 168 Å². The molecule has 25 heavy (non-hydrogen) atoms. The zero-order chi connectivity index (χ0) is 18.2. The Balaban J connectivity index is 0.00000576. The SMILES string of the molecule is CCC1(C)NC(=O)N(CCCNC(=NC)NCCCC(C)C)C1=O.I. The molecule has 1 aliphatic heterocycles. The molecule has 0 aromatic rings. The average Bonchev–Trinajstić information content (AvgIpc) is 2.76. The van der Waals surface area contributed by atoms with E-state index in [1.807, 2.05) is 6.92 Å². The summed E-state index contributed by atoms with van der Waals surface area (Å²) >= 11 is 0. The molecule has 1 rings (SSSR count). The Hall–Kier alpha value is -1.06. The molecule has 0 radical (unpaired) electrons. The van der Waals surface area contributed by atoms with Crippen LogP contribution in [0.3, 0.4) is 0 Å². The van der Waals surface area contributed by atoms with Crippen LogP contribution in [0.1, 0.15) is 53.4 Å². The number of carbonyl (C=O) groups is 2. The summed E-state index contributed by atoms with van der Waals surface area (Å²) in [6, 6.07) is -0.291. The maximum absolute atomic E-state index is 12.3. The van der Waals surface area contributed by atoms with Gasteiger partial charge in [0.2, 0.25) is 0 Å². The van der Waals surface area contributed by atoms with Crippen molar-refractivity contribution in [1.29, 1.82) is 0 Å². The normalized spacial score (nSPS) is 20.6. The number of guanidine groups is 1. The Kier molecular flexibility index (Phi) is 11.0. The number of carbonyl (C=O) groups excluding carboxylic acids is 2. The summed E-state index contributed by atoms with van der Waals surface area (Å²) in [6.07, 6.45) is 3.58. The Morgan fingerprint density at radius 2 is 1.84 bits per heavy atom. The van der Waals surface area contributed by atoms with Crippen LogP contribution in [0.25, 0.3) is 0 Å². The van der Waals surface area contributed by atoms with Crippen molar-refractivity contribution in [3.05, 3.63) is 0 Å². The number of amides is 3. The molecule has 1 atom stereocenters. The summed E-state index contributed by atoms with van der Waals surface area (Å²) in [5.74, 6) is 1.33. The van der Waals surface area contributed by atoms with E-state index in [0.717, 1.165) is 18.9 Å². The molecular formula is C17H34IN5O2. The lowest BCUT2D eigenvalue weighted by Gasteiger charge is -2.19. The first-order valence-electron chi connectivity index (χ1n) is 8.92. The highest BCUT2D eigenvalue weighted by Crippen LogP contribution is 2.20. The van der Waals surface area contributed by atoms with Crippen molar-refractivity contribution in [1.82, 2.24) is 20.9 Å². The molecule has 3 amide bonds. The lowest BCUT2D eigenvalue weighted by Crippen LogP contribution is -2.43. The molecule has 7 nitrogen and oxygen atoms in total. The number of nitrogens with one attached hydrogen (secondary N) is 3. The Bertz CT molecular complexity index is 470. The second-order valence-corrected chi connectivity index (χ2v) is 6.89. The van der Waals surface area contributed by atoms with Gasteiger partial charge >= 0.3 is 6.03 Å². The predicted octanol–water partition coefficient (Wildman–Crippen LogP) is 2.32. The van der Waals surface area contributed by atoms with Gasteiger partial charge in [0.25, 0.3) is 5.91 Å². The summed E-state index contributed by atoms with van der Waals surface area (Å²) in [6.45, 7) is 10.1. The standard InChI is InChI=1S/C17H33N5O2.HI/c1-6-17(4)14(23)22(16(24)21-17)12-8-11-20-15(18-5)19-10-7-9-13(2)3;/h13H,6-12H2,1-5H3,(H,21,24)(H2,18,19,20);1H. The maximum atomic E-state index is 12.3. The molecule has 0 aromatic carbocycles. The molecule has 1 heterocycles. The highest BCUT2D eigenvalue weighted by molar-refractivity contribution is 14.0. The van der Waals surface area contributed by atoms with E-state index in [4.69, 9.17) is 0 Å². The highest BCUT2D eigenvalue weighted by atomic mass is 127. The monoisotopic (exact) mass is 467 g/mol. The summed E-state index contributed by atoms with van der Waals surface area (Å²) in [5, 5.41) is 9.25. The number of hydrogen-bond acceptors (Lipinski definition) is 3. The zero-order valence-electron chi connectivity index (χ0n) is 16.1. The fraction of sp³-hybridized carbons (Fsp3) is 0.824. The van der Waals surface area contributed by atoms with E-state index >= 15 is 0 Å². The second kappa shape index (κ2) is 11.5. The fourth-order valence-corrected chi connectivity index (χ4v) is 2.57. The largest absolute Gasteiger partial charge is 0.356 e. The quantitative estimate of drug-likeness (QED) is 0.160. The molecule has 0 aliphatic carbocycles. The van der Waals surface area contributed by atoms with E-state index < -0.39 is 5.54 Å². The van der Waals surface area contributed by atoms with Crippen molar-refractivity contribution in [2.45, 2.75) is 58.9 Å². The van der Waals surface area contributed by atoms with Crippen molar-refractivity contribution >= 4 is 41.9 Å². The first-order chi connectivity index (χ1) is 11.3. The van der Waals surface area contributed by atoms with E-state index in [1.165, 1.54) is 11.3 Å². The van der Waals surface area contributed by atoms with Crippen molar-refractivity contribution in [3.8, 4) is 0 Å². The van der Waals surface area contributed by atoms with Crippen LogP contribution in [0.4, 0.5) is 4.79 Å². The first-order valence-corrected chi connectivity index (χ1v) is 8.92. The van der Waals surface area contributed by atoms with E-state index in [1.54, 1.807) is 14.0 Å². The first kappa shape index (κ1) is 23.9. The van der Waals surface area contributed by atoms with Crippen molar-refractivity contribution in [2.75, 3.05) is 26.7 Å². The maximum Gasteiger partial charge on any atom is 0.325 e. The van der Waals surface area contributed by atoms with Crippen LogP contribution >= 0.6 is 24.0 Å². The molecule has 0 aromatic heterocycles. The van der Waals surface area contributed by atoms with Crippen molar-refractivity contribution in [2.24, 2.45) is 10.9 Å². The van der Waals surface area contributed by atoms with Crippen molar-refractivity contribution < 1.29 is 9.59 Å².